The Labute approximate surface area is 84.9 Å². The van der Waals surface area contributed by atoms with Crippen LogP contribution in [0.1, 0.15) is 26.7 Å². The molecule has 0 aromatic heterocycles. The Kier molecular flexibility index (Phi) is 3.80. The first-order valence-electron chi connectivity index (χ1n) is 4.95. The Balaban J connectivity index is 2.39. The topological polar surface area (TPSA) is 41.6 Å². The van der Waals surface area contributed by atoms with E-state index in [2.05, 4.69) is 28.1 Å². The van der Waals surface area contributed by atoms with Crippen LogP contribution >= 0.6 is 0 Å². The molecule has 0 radical (unpaired) electrons. The van der Waals surface area contributed by atoms with Crippen LogP contribution in [-0.2, 0) is 9.53 Å². The van der Waals surface area contributed by atoms with Crippen molar-refractivity contribution >= 4 is 5.97 Å². The summed E-state index contributed by atoms with van der Waals surface area (Å²) in [6, 6.07) is 0. The van der Waals surface area contributed by atoms with Crippen LogP contribution in [0.25, 0.3) is 0 Å². The van der Waals surface area contributed by atoms with Crippen LogP contribution in [0.15, 0.2) is 11.9 Å². The third kappa shape index (κ3) is 2.65. The van der Waals surface area contributed by atoms with Gasteiger partial charge in [0, 0.05) is 18.4 Å². The smallest absolute Gasteiger partial charge is 0.307 e. The minimum Gasteiger partial charge on any atom is -0.469 e. The maximum absolute atomic E-state index is 11.0. The maximum atomic E-state index is 11.0. The van der Waals surface area contributed by atoms with Crippen molar-refractivity contribution in [2.24, 2.45) is 0 Å². The van der Waals surface area contributed by atoms with Gasteiger partial charge in [0.2, 0.25) is 0 Å². The van der Waals surface area contributed by atoms with Gasteiger partial charge in [-0.3, -0.25) is 4.79 Å². The summed E-state index contributed by atoms with van der Waals surface area (Å²) in [5, 5.41) is 3.33. The highest BCUT2D eigenvalue weighted by Crippen LogP contribution is 2.13. The zero-order valence-electron chi connectivity index (χ0n) is 9.04. The summed E-state index contributed by atoms with van der Waals surface area (Å²) in [5.41, 5.74) is 1.15. The highest BCUT2D eigenvalue weighted by molar-refractivity contribution is 5.69. The molecular weight excluding hydrogens is 180 g/mol. The predicted molar refractivity (Wildman–Crippen MR) is 54.3 cm³/mol. The van der Waals surface area contributed by atoms with Gasteiger partial charge in [-0.2, -0.15) is 0 Å². The summed E-state index contributed by atoms with van der Waals surface area (Å²) in [7, 11) is 1.42. The molecule has 1 rings (SSSR count). The van der Waals surface area contributed by atoms with Crippen molar-refractivity contribution in [3.05, 3.63) is 11.9 Å². The SMILES string of the molecule is CCC1NC(C)=CN1CCC(=O)OC. The highest BCUT2D eigenvalue weighted by atomic mass is 16.5. The summed E-state index contributed by atoms with van der Waals surface area (Å²) in [6.45, 7) is 4.87. The van der Waals surface area contributed by atoms with Crippen molar-refractivity contribution in [1.82, 2.24) is 10.2 Å². The predicted octanol–water partition coefficient (Wildman–Crippen LogP) is 1.05. The van der Waals surface area contributed by atoms with Gasteiger partial charge in [-0.1, -0.05) is 6.92 Å². The summed E-state index contributed by atoms with van der Waals surface area (Å²) in [6.07, 6.45) is 3.85. The number of carbonyl (C=O) groups is 1. The molecule has 0 aromatic carbocycles. The molecule has 0 aliphatic carbocycles. The fourth-order valence-corrected chi connectivity index (χ4v) is 1.60. The molecule has 0 fully saturated rings. The Bertz CT molecular complexity index is 238. The lowest BCUT2D eigenvalue weighted by Crippen LogP contribution is -2.36. The van der Waals surface area contributed by atoms with Gasteiger partial charge in [-0.05, 0) is 13.3 Å². The number of nitrogens with one attached hydrogen (secondary N) is 1. The van der Waals surface area contributed by atoms with Gasteiger partial charge < -0.3 is 15.0 Å². The molecule has 1 heterocycles. The van der Waals surface area contributed by atoms with Crippen molar-refractivity contribution in [1.29, 1.82) is 0 Å². The van der Waals surface area contributed by atoms with Gasteiger partial charge in [0.05, 0.1) is 19.7 Å². The van der Waals surface area contributed by atoms with E-state index in [-0.39, 0.29) is 5.97 Å². The number of hydrogen-bond acceptors (Lipinski definition) is 4. The van der Waals surface area contributed by atoms with E-state index in [4.69, 9.17) is 0 Å². The lowest BCUT2D eigenvalue weighted by Gasteiger charge is -2.23. The summed E-state index contributed by atoms with van der Waals surface area (Å²) in [5.74, 6) is -0.155. The van der Waals surface area contributed by atoms with Crippen molar-refractivity contribution in [3.63, 3.8) is 0 Å². The maximum Gasteiger partial charge on any atom is 0.307 e. The van der Waals surface area contributed by atoms with Gasteiger partial charge in [-0.15, -0.1) is 0 Å². The van der Waals surface area contributed by atoms with Crippen molar-refractivity contribution < 1.29 is 9.53 Å². The summed E-state index contributed by atoms with van der Waals surface area (Å²) in [4.78, 5) is 13.1. The third-order valence-electron chi connectivity index (χ3n) is 2.34. The van der Waals surface area contributed by atoms with Crippen LogP contribution in [0.5, 0.6) is 0 Å². The number of methoxy groups -OCH3 is 1. The zero-order valence-corrected chi connectivity index (χ0v) is 9.04. The Morgan fingerprint density at radius 1 is 1.71 bits per heavy atom. The number of allylic oxidation sites excluding steroid dienone is 1. The molecule has 14 heavy (non-hydrogen) atoms. The van der Waals surface area contributed by atoms with Gasteiger partial charge in [0.25, 0.3) is 0 Å². The van der Waals surface area contributed by atoms with E-state index >= 15 is 0 Å². The number of rotatable bonds is 4. The van der Waals surface area contributed by atoms with Crippen LogP contribution in [0.3, 0.4) is 0 Å². The lowest BCUT2D eigenvalue weighted by molar-refractivity contribution is -0.140. The largest absolute Gasteiger partial charge is 0.469 e. The first kappa shape index (κ1) is 10.9. The van der Waals surface area contributed by atoms with Gasteiger partial charge in [0.1, 0.15) is 0 Å². The molecule has 80 valence electrons. The molecular formula is C10H18N2O2. The molecule has 0 aromatic rings. The standard InChI is InChI=1S/C10H18N2O2/c1-4-9-11-8(2)7-12(9)6-5-10(13)14-3/h7,9,11H,4-6H2,1-3H3. The normalized spacial score (nSPS) is 20.4. The summed E-state index contributed by atoms with van der Waals surface area (Å²) >= 11 is 0. The van der Waals surface area contributed by atoms with Crippen LogP contribution in [0, 0.1) is 0 Å². The molecule has 1 atom stereocenters. The molecule has 0 amide bonds. The van der Waals surface area contributed by atoms with Crippen LogP contribution in [0.2, 0.25) is 0 Å². The third-order valence-corrected chi connectivity index (χ3v) is 2.34. The van der Waals surface area contributed by atoms with E-state index in [0.717, 1.165) is 18.7 Å². The van der Waals surface area contributed by atoms with E-state index in [9.17, 15) is 4.79 Å². The van der Waals surface area contributed by atoms with Crippen LogP contribution in [-0.4, -0.2) is 30.7 Å². The Morgan fingerprint density at radius 2 is 2.43 bits per heavy atom. The molecule has 4 heteroatoms. The zero-order chi connectivity index (χ0) is 10.6. The molecule has 1 aliphatic heterocycles. The average Bonchev–Trinajstić information content (AvgIpc) is 2.55. The molecule has 0 spiro atoms. The fourth-order valence-electron chi connectivity index (χ4n) is 1.60. The minimum absolute atomic E-state index is 0.155. The first-order chi connectivity index (χ1) is 6.67. The number of carbonyl (C=O) groups excluding carboxylic acids is 1. The van der Waals surface area contributed by atoms with E-state index < -0.39 is 0 Å². The molecule has 0 bridgehead atoms. The summed E-state index contributed by atoms with van der Waals surface area (Å²) < 4.78 is 4.60. The molecule has 1 unspecified atom stereocenters. The van der Waals surface area contributed by atoms with Crippen LogP contribution in [0.4, 0.5) is 0 Å². The van der Waals surface area contributed by atoms with E-state index in [0.29, 0.717) is 12.6 Å². The van der Waals surface area contributed by atoms with E-state index in [1.807, 2.05) is 6.92 Å². The van der Waals surface area contributed by atoms with Gasteiger partial charge in [-0.25, -0.2) is 0 Å². The van der Waals surface area contributed by atoms with Gasteiger partial charge in [0.15, 0.2) is 0 Å². The van der Waals surface area contributed by atoms with E-state index in [1.54, 1.807) is 0 Å². The number of ether oxygens (including phenoxy) is 1. The second-order valence-electron chi connectivity index (χ2n) is 3.44. The molecule has 4 nitrogen and oxygen atoms in total. The number of hydrogen-bond donors (Lipinski definition) is 1. The highest BCUT2D eigenvalue weighted by Gasteiger charge is 2.19. The lowest BCUT2D eigenvalue weighted by atomic mass is 10.3. The number of esters is 1. The van der Waals surface area contributed by atoms with E-state index in [1.165, 1.54) is 7.11 Å². The van der Waals surface area contributed by atoms with Crippen molar-refractivity contribution in [2.45, 2.75) is 32.9 Å². The molecule has 0 saturated heterocycles. The minimum atomic E-state index is -0.155. The van der Waals surface area contributed by atoms with Crippen LogP contribution < -0.4 is 5.32 Å². The first-order valence-corrected chi connectivity index (χ1v) is 4.95. The Morgan fingerprint density at radius 3 is 3.00 bits per heavy atom. The number of nitrogens with zero attached hydrogens (tertiary/aromatic N) is 1. The second kappa shape index (κ2) is 4.88. The van der Waals surface area contributed by atoms with Crippen molar-refractivity contribution in [2.75, 3.05) is 13.7 Å². The van der Waals surface area contributed by atoms with Crippen molar-refractivity contribution in [3.8, 4) is 0 Å². The molecule has 1 aliphatic rings. The fraction of sp³-hybridized carbons (Fsp3) is 0.700. The molecule has 1 N–H and O–H groups in total. The molecule has 0 saturated carbocycles. The quantitative estimate of drug-likeness (QED) is 0.686. The Hall–Kier alpha value is -1.19. The monoisotopic (exact) mass is 198 g/mol. The second-order valence-corrected chi connectivity index (χ2v) is 3.44. The van der Waals surface area contributed by atoms with Gasteiger partial charge >= 0.3 is 5.97 Å². The average molecular weight is 198 g/mol.